The van der Waals surface area contributed by atoms with Crippen molar-refractivity contribution in [3.8, 4) is 11.1 Å². The first-order valence-electron chi connectivity index (χ1n) is 10.4. The molecule has 0 spiro atoms. The Morgan fingerprint density at radius 1 is 0.500 bits per heavy atom. The summed E-state index contributed by atoms with van der Waals surface area (Å²) in [5.41, 5.74) is 8.07. The van der Waals surface area contributed by atoms with Crippen LogP contribution in [0.15, 0.2) is 60.7 Å². The summed E-state index contributed by atoms with van der Waals surface area (Å²) in [4.78, 5) is 0. The largest absolute Gasteiger partial charge is 0.135 e. The Morgan fingerprint density at radius 2 is 1.13 bits per heavy atom. The van der Waals surface area contributed by atoms with Gasteiger partial charge in [-0.25, -0.2) is 0 Å². The van der Waals surface area contributed by atoms with Crippen molar-refractivity contribution in [2.45, 2.75) is 27.7 Å². The van der Waals surface area contributed by atoms with Gasteiger partial charge in [0.15, 0.2) is 0 Å². The van der Waals surface area contributed by atoms with Crippen LogP contribution in [0.3, 0.4) is 0 Å². The molecule has 0 nitrogen and oxygen atoms in total. The van der Waals surface area contributed by atoms with Gasteiger partial charge in [0.1, 0.15) is 0 Å². The molecule has 6 rings (SSSR count). The second kappa shape index (κ2) is 6.41. The molecule has 0 aliphatic rings. The highest BCUT2D eigenvalue weighted by Crippen LogP contribution is 2.42. The molecule has 2 heterocycles. The molecule has 0 N–H and O–H groups in total. The highest BCUT2D eigenvalue weighted by Gasteiger charge is 2.14. The Balaban J connectivity index is 1.62. The molecule has 2 aromatic heterocycles. The molecule has 0 fully saturated rings. The Labute approximate surface area is 184 Å². The summed E-state index contributed by atoms with van der Waals surface area (Å²) >= 11 is 3.83. The summed E-state index contributed by atoms with van der Waals surface area (Å²) < 4.78 is 5.54. The Bertz CT molecular complexity index is 1630. The standard InChI is InChI=1S/C28H22S2/c1-15-8-9-21-23(10-15)30-24-13-19(11-17(3)26(21)24)20-12-18(4)28-25(14-20)29-22-7-5-6-16(2)27(22)28/h5-14H,1-4H3. The smallest absolute Gasteiger partial charge is 0.0364 e. The SMILES string of the molecule is Cc1ccc2c(c1)sc1cc(-c3cc(C)c4c(c3)sc3cccc(C)c34)cc(C)c12. The van der Waals surface area contributed by atoms with Gasteiger partial charge in [0.2, 0.25) is 0 Å². The van der Waals surface area contributed by atoms with Gasteiger partial charge in [0, 0.05) is 40.3 Å². The second-order valence-corrected chi connectivity index (χ2v) is 10.7. The monoisotopic (exact) mass is 422 g/mol. The van der Waals surface area contributed by atoms with Crippen LogP contribution < -0.4 is 0 Å². The van der Waals surface area contributed by atoms with E-state index in [4.69, 9.17) is 0 Å². The molecule has 0 atom stereocenters. The molecule has 4 aromatic carbocycles. The highest BCUT2D eigenvalue weighted by atomic mass is 32.1. The molecule has 2 heteroatoms. The normalized spacial score (nSPS) is 12.0. The van der Waals surface area contributed by atoms with Gasteiger partial charge >= 0.3 is 0 Å². The second-order valence-electron chi connectivity index (χ2n) is 8.48. The highest BCUT2D eigenvalue weighted by molar-refractivity contribution is 7.26. The van der Waals surface area contributed by atoms with Gasteiger partial charge in [-0.2, -0.15) is 0 Å². The fourth-order valence-corrected chi connectivity index (χ4v) is 7.49. The quantitative estimate of drug-likeness (QED) is 0.247. The van der Waals surface area contributed by atoms with E-state index in [9.17, 15) is 0 Å². The van der Waals surface area contributed by atoms with Crippen LogP contribution in [0.2, 0.25) is 0 Å². The molecule has 0 aliphatic carbocycles. The molecule has 0 saturated carbocycles. The van der Waals surface area contributed by atoms with E-state index in [1.165, 1.54) is 73.7 Å². The molecular weight excluding hydrogens is 400 g/mol. The van der Waals surface area contributed by atoms with Gasteiger partial charge < -0.3 is 0 Å². The molecule has 146 valence electrons. The van der Waals surface area contributed by atoms with Crippen LogP contribution in [0.25, 0.3) is 51.5 Å². The lowest BCUT2D eigenvalue weighted by molar-refractivity contribution is 1.50. The lowest BCUT2D eigenvalue weighted by Gasteiger charge is -2.08. The van der Waals surface area contributed by atoms with Gasteiger partial charge in [-0.15, -0.1) is 22.7 Å². The van der Waals surface area contributed by atoms with Crippen LogP contribution in [0.5, 0.6) is 0 Å². The summed E-state index contributed by atoms with van der Waals surface area (Å²) in [7, 11) is 0. The molecule has 6 aromatic rings. The summed E-state index contributed by atoms with van der Waals surface area (Å²) in [6.07, 6.45) is 0. The molecule has 0 aliphatic heterocycles. The van der Waals surface area contributed by atoms with Gasteiger partial charge in [-0.1, -0.05) is 36.4 Å². The van der Waals surface area contributed by atoms with Crippen LogP contribution >= 0.6 is 22.7 Å². The maximum atomic E-state index is 2.39. The zero-order valence-electron chi connectivity index (χ0n) is 17.6. The average Bonchev–Trinajstić information content (AvgIpc) is 3.26. The van der Waals surface area contributed by atoms with E-state index in [0.717, 1.165) is 0 Å². The fraction of sp³-hybridized carbons (Fsp3) is 0.143. The average molecular weight is 423 g/mol. The third-order valence-electron chi connectivity index (χ3n) is 6.26. The lowest BCUT2D eigenvalue weighted by Crippen LogP contribution is -1.84. The van der Waals surface area contributed by atoms with Crippen LogP contribution in [0, 0.1) is 27.7 Å². The Kier molecular flexibility index (Phi) is 3.87. The number of fused-ring (bicyclic) bond motifs is 6. The molecule has 0 amide bonds. The first-order valence-corrected chi connectivity index (χ1v) is 12.0. The van der Waals surface area contributed by atoms with E-state index in [-0.39, 0.29) is 0 Å². The molecular formula is C28H22S2. The van der Waals surface area contributed by atoms with Crippen LogP contribution in [0.1, 0.15) is 22.3 Å². The first kappa shape index (κ1) is 18.1. The molecule has 0 saturated heterocycles. The molecule has 0 bridgehead atoms. The van der Waals surface area contributed by atoms with Crippen molar-refractivity contribution in [1.29, 1.82) is 0 Å². The maximum absolute atomic E-state index is 2.39. The number of hydrogen-bond donors (Lipinski definition) is 0. The van der Waals surface area contributed by atoms with Crippen molar-refractivity contribution in [1.82, 2.24) is 0 Å². The van der Waals surface area contributed by atoms with Crippen molar-refractivity contribution < 1.29 is 0 Å². The third-order valence-corrected chi connectivity index (χ3v) is 8.46. The van der Waals surface area contributed by atoms with Crippen molar-refractivity contribution in [2.24, 2.45) is 0 Å². The summed E-state index contributed by atoms with van der Waals surface area (Å²) in [6, 6.07) is 23.0. The van der Waals surface area contributed by atoms with Gasteiger partial charge in [-0.05, 0) is 85.3 Å². The zero-order chi connectivity index (χ0) is 20.6. The molecule has 30 heavy (non-hydrogen) atoms. The van der Waals surface area contributed by atoms with Crippen molar-refractivity contribution in [3.05, 3.63) is 82.9 Å². The minimum absolute atomic E-state index is 1.32. The topological polar surface area (TPSA) is 0 Å². The van der Waals surface area contributed by atoms with Crippen molar-refractivity contribution in [3.63, 3.8) is 0 Å². The van der Waals surface area contributed by atoms with E-state index in [0.29, 0.717) is 0 Å². The summed E-state index contributed by atoms with van der Waals surface area (Å²) in [5, 5.41) is 5.64. The number of aryl methyl sites for hydroxylation is 4. The first-order chi connectivity index (χ1) is 14.5. The van der Waals surface area contributed by atoms with E-state index >= 15 is 0 Å². The Morgan fingerprint density at radius 3 is 1.90 bits per heavy atom. The predicted octanol–water partition coefficient (Wildman–Crippen LogP) is 9.32. The maximum Gasteiger partial charge on any atom is 0.0364 e. The third kappa shape index (κ3) is 2.57. The van der Waals surface area contributed by atoms with Crippen molar-refractivity contribution in [2.75, 3.05) is 0 Å². The molecule has 0 radical (unpaired) electrons. The fourth-order valence-electron chi connectivity index (χ4n) is 4.87. The van der Waals surface area contributed by atoms with Gasteiger partial charge in [0.05, 0.1) is 0 Å². The van der Waals surface area contributed by atoms with Crippen molar-refractivity contribution >= 4 is 63.0 Å². The number of benzene rings is 4. The van der Waals surface area contributed by atoms with Gasteiger partial charge in [0.25, 0.3) is 0 Å². The summed E-state index contributed by atoms with van der Waals surface area (Å²) in [5.74, 6) is 0. The molecule has 0 unspecified atom stereocenters. The minimum atomic E-state index is 1.32. The number of thiophene rings is 2. The Hall–Kier alpha value is -2.68. The van der Waals surface area contributed by atoms with Crippen LogP contribution in [-0.2, 0) is 0 Å². The summed E-state index contributed by atoms with van der Waals surface area (Å²) in [6.45, 7) is 8.92. The lowest BCUT2D eigenvalue weighted by atomic mass is 9.96. The minimum Gasteiger partial charge on any atom is -0.135 e. The van der Waals surface area contributed by atoms with Gasteiger partial charge in [-0.3, -0.25) is 0 Å². The zero-order valence-corrected chi connectivity index (χ0v) is 19.2. The van der Waals surface area contributed by atoms with E-state index in [1.807, 2.05) is 22.7 Å². The number of rotatable bonds is 1. The van der Waals surface area contributed by atoms with E-state index in [2.05, 4.69) is 88.4 Å². The van der Waals surface area contributed by atoms with E-state index < -0.39 is 0 Å². The number of hydrogen-bond acceptors (Lipinski definition) is 2. The van der Waals surface area contributed by atoms with Crippen LogP contribution in [-0.4, -0.2) is 0 Å². The van der Waals surface area contributed by atoms with E-state index in [1.54, 1.807) is 0 Å². The van der Waals surface area contributed by atoms with Crippen LogP contribution in [0.4, 0.5) is 0 Å². The predicted molar refractivity (Wildman–Crippen MR) is 137 cm³/mol.